The Morgan fingerprint density at radius 3 is 1.87 bits per heavy atom. The van der Waals surface area contributed by atoms with Crippen LogP contribution in [0.15, 0.2) is 0 Å². The molecule has 1 N–H and O–H groups in total. The van der Waals surface area contributed by atoms with Gasteiger partial charge in [-0.3, -0.25) is 9.69 Å². The van der Waals surface area contributed by atoms with Gasteiger partial charge in [-0.25, -0.2) is 4.79 Å². The van der Waals surface area contributed by atoms with Crippen LogP contribution in [0.4, 0.5) is 4.79 Å². The van der Waals surface area contributed by atoms with Crippen LogP contribution in [0.2, 0.25) is 0 Å². The van der Waals surface area contributed by atoms with E-state index in [4.69, 9.17) is 0 Å². The normalized spacial score (nSPS) is 20.7. The number of urea groups is 1. The van der Waals surface area contributed by atoms with Crippen LogP contribution in [0.5, 0.6) is 0 Å². The molecule has 86 valence electrons. The number of hydrogen-bond acceptors (Lipinski definition) is 2. The minimum absolute atomic E-state index is 0.0926. The van der Waals surface area contributed by atoms with Gasteiger partial charge in [0.25, 0.3) is 5.91 Å². The molecule has 4 heteroatoms. The van der Waals surface area contributed by atoms with Crippen LogP contribution < -0.4 is 5.32 Å². The third kappa shape index (κ3) is 1.73. The first kappa shape index (κ1) is 12.0. The smallest absolute Gasteiger partial charge is 0.323 e. The lowest BCUT2D eigenvalue weighted by Crippen LogP contribution is -2.49. The van der Waals surface area contributed by atoms with Gasteiger partial charge in [0, 0.05) is 5.54 Å². The minimum atomic E-state index is -0.676. The Bertz CT molecular complexity index is 287. The van der Waals surface area contributed by atoms with Gasteiger partial charge in [0.15, 0.2) is 0 Å². The molecule has 1 fully saturated rings. The summed E-state index contributed by atoms with van der Waals surface area (Å²) in [7, 11) is 0. The first-order valence-corrected chi connectivity index (χ1v) is 5.45. The molecule has 1 aliphatic rings. The van der Waals surface area contributed by atoms with Crippen molar-refractivity contribution in [2.75, 3.05) is 0 Å². The molecule has 0 atom stereocenters. The maximum absolute atomic E-state index is 12.2. The molecule has 4 nitrogen and oxygen atoms in total. The Hall–Kier alpha value is -1.06. The van der Waals surface area contributed by atoms with Gasteiger partial charge >= 0.3 is 6.03 Å². The van der Waals surface area contributed by atoms with Crippen LogP contribution in [-0.2, 0) is 4.79 Å². The fourth-order valence-electron chi connectivity index (χ4n) is 1.96. The Balaban J connectivity index is 3.08. The highest BCUT2D eigenvalue weighted by atomic mass is 16.2. The number of imide groups is 1. The van der Waals surface area contributed by atoms with Crippen LogP contribution in [0.1, 0.15) is 47.5 Å². The molecule has 0 aromatic heterocycles. The molecule has 0 aromatic carbocycles. The third-order valence-corrected chi connectivity index (χ3v) is 3.04. The summed E-state index contributed by atoms with van der Waals surface area (Å²) in [6, 6.07) is -0.267. The Morgan fingerprint density at radius 2 is 1.67 bits per heavy atom. The second kappa shape index (κ2) is 3.51. The number of nitrogens with zero attached hydrogens (tertiary/aromatic N) is 1. The van der Waals surface area contributed by atoms with Crippen molar-refractivity contribution < 1.29 is 9.59 Å². The summed E-state index contributed by atoms with van der Waals surface area (Å²) in [4.78, 5) is 25.3. The maximum atomic E-state index is 12.2. The van der Waals surface area contributed by atoms with Crippen molar-refractivity contribution in [3.8, 4) is 0 Å². The lowest BCUT2D eigenvalue weighted by molar-refractivity contribution is -0.134. The molecule has 15 heavy (non-hydrogen) atoms. The Kier molecular flexibility index (Phi) is 2.81. The quantitative estimate of drug-likeness (QED) is 0.711. The van der Waals surface area contributed by atoms with Crippen molar-refractivity contribution in [3.05, 3.63) is 0 Å². The molecule has 0 aromatic rings. The van der Waals surface area contributed by atoms with E-state index < -0.39 is 11.1 Å². The molecule has 1 heterocycles. The van der Waals surface area contributed by atoms with Crippen LogP contribution >= 0.6 is 0 Å². The van der Waals surface area contributed by atoms with Crippen LogP contribution in [0, 0.1) is 0 Å². The zero-order valence-corrected chi connectivity index (χ0v) is 10.2. The van der Waals surface area contributed by atoms with E-state index in [1.807, 2.05) is 34.6 Å². The van der Waals surface area contributed by atoms with Crippen molar-refractivity contribution in [1.29, 1.82) is 0 Å². The third-order valence-electron chi connectivity index (χ3n) is 3.04. The Labute approximate surface area is 91.0 Å². The van der Waals surface area contributed by atoms with Gasteiger partial charge in [0.2, 0.25) is 0 Å². The fraction of sp³-hybridized carbons (Fsp3) is 0.818. The maximum Gasteiger partial charge on any atom is 0.325 e. The number of rotatable bonds is 2. The van der Waals surface area contributed by atoms with Gasteiger partial charge in [-0.15, -0.1) is 0 Å². The molecule has 0 aliphatic carbocycles. The molecule has 0 unspecified atom stereocenters. The molecular formula is C11H20N2O2. The molecule has 0 radical (unpaired) electrons. The largest absolute Gasteiger partial charge is 0.325 e. The summed E-state index contributed by atoms with van der Waals surface area (Å²) in [6.07, 6.45) is 1.28. The van der Waals surface area contributed by atoms with Crippen molar-refractivity contribution in [2.24, 2.45) is 0 Å². The lowest BCUT2D eigenvalue weighted by atomic mass is 9.92. The second-order valence-electron chi connectivity index (χ2n) is 5.03. The van der Waals surface area contributed by atoms with E-state index in [0.717, 1.165) is 0 Å². The molecular weight excluding hydrogens is 192 g/mol. The van der Waals surface area contributed by atoms with Crippen LogP contribution in [-0.4, -0.2) is 27.9 Å². The van der Waals surface area contributed by atoms with Gasteiger partial charge in [-0.1, -0.05) is 13.8 Å². The molecule has 1 aliphatic heterocycles. The van der Waals surface area contributed by atoms with E-state index in [0.29, 0.717) is 12.8 Å². The predicted molar refractivity (Wildman–Crippen MR) is 58.4 cm³/mol. The van der Waals surface area contributed by atoms with Gasteiger partial charge in [-0.05, 0) is 33.6 Å². The first-order chi connectivity index (χ1) is 6.78. The average molecular weight is 212 g/mol. The topological polar surface area (TPSA) is 49.4 Å². The number of amides is 3. The van der Waals surface area contributed by atoms with Crippen LogP contribution in [0.3, 0.4) is 0 Å². The van der Waals surface area contributed by atoms with E-state index in [2.05, 4.69) is 5.32 Å². The highest BCUT2D eigenvalue weighted by Gasteiger charge is 2.52. The van der Waals surface area contributed by atoms with E-state index >= 15 is 0 Å². The molecule has 1 rings (SSSR count). The predicted octanol–water partition coefficient (Wildman–Crippen LogP) is 1.90. The minimum Gasteiger partial charge on any atom is -0.323 e. The molecule has 0 spiro atoms. The highest BCUT2D eigenvalue weighted by molar-refractivity contribution is 6.07. The molecule has 3 amide bonds. The van der Waals surface area contributed by atoms with E-state index in [-0.39, 0.29) is 11.9 Å². The summed E-state index contributed by atoms with van der Waals surface area (Å²) in [6.45, 7) is 9.45. The highest BCUT2D eigenvalue weighted by Crippen LogP contribution is 2.29. The van der Waals surface area contributed by atoms with Crippen molar-refractivity contribution in [3.63, 3.8) is 0 Å². The summed E-state index contributed by atoms with van der Waals surface area (Å²) in [5.41, 5.74) is -1.13. The standard InChI is InChI=1S/C11H20N2O2/c1-6-11(7-2)8(14)13(9(15)12-11)10(3,4)5/h6-7H2,1-5H3,(H,12,15). The average Bonchev–Trinajstić information content (AvgIpc) is 2.37. The van der Waals surface area contributed by atoms with Crippen LogP contribution in [0.25, 0.3) is 0 Å². The zero-order valence-electron chi connectivity index (χ0n) is 10.2. The zero-order chi connectivity index (χ0) is 11.9. The summed E-state index contributed by atoms with van der Waals surface area (Å²) >= 11 is 0. The SMILES string of the molecule is CCC1(CC)NC(=O)N(C(C)(C)C)C1=O. The monoisotopic (exact) mass is 212 g/mol. The summed E-state index contributed by atoms with van der Waals surface area (Å²) in [5, 5.41) is 2.81. The van der Waals surface area contributed by atoms with Crippen molar-refractivity contribution in [1.82, 2.24) is 10.2 Å². The number of nitrogens with one attached hydrogen (secondary N) is 1. The fourth-order valence-corrected chi connectivity index (χ4v) is 1.96. The van der Waals surface area contributed by atoms with E-state index in [1.54, 1.807) is 0 Å². The van der Waals surface area contributed by atoms with Gasteiger partial charge < -0.3 is 5.32 Å². The molecule has 0 saturated carbocycles. The van der Waals surface area contributed by atoms with Gasteiger partial charge in [0.1, 0.15) is 5.54 Å². The Morgan fingerprint density at radius 1 is 1.20 bits per heavy atom. The van der Waals surface area contributed by atoms with Crippen molar-refractivity contribution >= 4 is 11.9 Å². The number of carbonyl (C=O) groups excluding carboxylic acids is 2. The molecule has 0 bridgehead atoms. The second-order valence-corrected chi connectivity index (χ2v) is 5.03. The van der Waals surface area contributed by atoms with Crippen molar-refractivity contribution in [2.45, 2.75) is 58.5 Å². The van der Waals surface area contributed by atoms with E-state index in [1.165, 1.54) is 4.90 Å². The van der Waals surface area contributed by atoms with Gasteiger partial charge in [0.05, 0.1) is 0 Å². The van der Waals surface area contributed by atoms with E-state index in [9.17, 15) is 9.59 Å². The first-order valence-electron chi connectivity index (χ1n) is 5.45. The number of carbonyl (C=O) groups is 2. The van der Waals surface area contributed by atoms with Gasteiger partial charge in [-0.2, -0.15) is 0 Å². The number of hydrogen-bond donors (Lipinski definition) is 1. The molecule has 1 saturated heterocycles. The summed E-state index contributed by atoms with van der Waals surface area (Å²) < 4.78 is 0. The lowest BCUT2D eigenvalue weighted by Gasteiger charge is -2.30. The summed E-state index contributed by atoms with van der Waals surface area (Å²) in [5.74, 6) is -0.0926.